The summed E-state index contributed by atoms with van der Waals surface area (Å²) >= 11 is 0. The van der Waals surface area contributed by atoms with Crippen LogP contribution in [-0.4, -0.2) is 23.6 Å². The maximum atomic E-state index is 13.7. The van der Waals surface area contributed by atoms with Crippen LogP contribution in [0.3, 0.4) is 0 Å². The van der Waals surface area contributed by atoms with Gasteiger partial charge in [-0.1, -0.05) is 18.2 Å². The molecular formula is C12H15F2NO3. The number of esters is 1. The van der Waals surface area contributed by atoms with Crippen molar-refractivity contribution in [2.24, 2.45) is 5.73 Å². The zero-order valence-electron chi connectivity index (χ0n) is 10.1. The van der Waals surface area contributed by atoms with Crippen LogP contribution in [-0.2, 0) is 9.53 Å². The molecule has 0 radical (unpaired) electrons. The van der Waals surface area contributed by atoms with Gasteiger partial charge in [0.25, 0.3) is 0 Å². The van der Waals surface area contributed by atoms with E-state index < -0.39 is 17.9 Å². The summed E-state index contributed by atoms with van der Waals surface area (Å²) in [6.45, 7) is 2.80. The van der Waals surface area contributed by atoms with Crippen molar-refractivity contribution in [2.75, 3.05) is 6.61 Å². The van der Waals surface area contributed by atoms with Crippen LogP contribution in [0.4, 0.5) is 8.78 Å². The lowest BCUT2D eigenvalue weighted by molar-refractivity contribution is -0.174. The molecule has 4 nitrogen and oxygen atoms in total. The van der Waals surface area contributed by atoms with Crippen molar-refractivity contribution in [2.45, 2.75) is 25.8 Å². The van der Waals surface area contributed by atoms with Gasteiger partial charge in [-0.15, -0.1) is 0 Å². The molecule has 0 saturated heterocycles. The Kier molecular flexibility index (Phi) is 4.24. The highest BCUT2D eigenvalue weighted by atomic mass is 19.3. The van der Waals surface area contributed by atoms with E-state index in [9.17, 15) is 18.7 Å². The van der Waals surface area contributed by atoms with E-state index in [0.717, 1.165) is 0 Å². The highest BCUT2D eigenvalue weighted by Crippen LogP contribution is 2.36. The average Bonchev–Trinajstić information content (AvgIpc) is 2.32. The molecule has 0 aliphatic rings. The van der Waals surface area contributed by atoms with Gasteiger partial charge in [0.15, 0.2) is 0 Å². The number of rotatable bonds is 4. The number of carbonyl (C=O) groups is 1. The number of hydrogen-bond donors (Lipinski definition) is 2. The quantitative estimate of drug-likeness (QED) is 0.810. The van der Waals surface area contributed by atoms with Gasteiger partial charge < -0.3 is 15.6 Å². The second kappa shape index (κ2) is 5.30. The van der Waals surface area contributed by atoms with Crippen molar-refractivity contribution < 1.29 is 23.4 Å². The fourth-order valence-corrected chi connectivity index (χ4v) is 1.48. The minimum absolute atomic E-state index is 0.166. The van der Waals surface area contributed by atoms with Crippen molar-refractivity contribution in [3.05, 3.63) is 29.3 Å². The summed E-state index contributed by atoms with van der Waals surface area (Å²) in [4.78, 5) is 11.1. The molecule has 1 aromatic carbocycles. The van der Waals surface area contributed by atoms with Crippen LogP contribution in [0, 0.1) is 6.92 Å². The molecule has 0 unspecified atom stereocenters. The van der Waals surface area contributed by atoms with Crippen molar-refractivity contribution in [1.29, 1.82) is 0 Å². The molecule has 0 heterocycles. The summed E-state index contributed by atoms with van der Waals surface area (Å²) in [7, 11) is 0. The number of nitrogens with two attached hydrogens (primary N) is 1. The Hall–Kier alpha value is -1.69. The number of phenols is 1. The van der Waals surface area contributed by atoms with E-state index in [2.05, 4.69) is 4.74 Å². The first kappa shape index (κ1) is 14.4. The number of halogens is 2. The minimum Gasteiger partial charge on any atom is -0.507 e. The van der Waals surface area contributed by atoms with Crippen LogP contribution < -0.4 is 5.73 Å². The van der Waals surface area contributed by atoms with Gasteiger partial charge in [-0.2, -0.15) is 8.78 Å². The molecule has 6 heteroatoms. The summed E-state index contributed by atoms with van der Waals surface area (Å²) in [5.74, 6) is -5.92. The van der Waals surface area contributed by atoms with Gasteiger partial charge >= 0.3 is 11.9 Å². The molecule has 0 aliphatic heterocycles. The van der Waals surface area contributed by atoms with E-state index in [1.807, 2.05) is 0 Å². The number of para-hydroxylation sites is 1. The van der Waals surface area contributed by atoms with E-state index in [1.165, 1.54) is 19.1 Å². The normalized spacial score (nSPS) is 13.2. The number of ether oxygens (including phenoxy) is 1. The molecule has 0 fully saturated rings. The molecule has 0 amide bonds. The van der Waals surface area contributed by atoms with Gasteiger partial charge in [-0.3, -0.25) is 0 Å². The van der Waals surface area contributed by atoms with Crippen molar-refractivity contribution in [3.63, 3.8) is 0 Å². The van der Waals surface area contributed by atoms with Crippen LogP contribution in [0.1, 0.15) is 24.1 Å². The zero-order chi connectivity index (χ0) is 13.9. The van der Waals surface area contributed by atoms with E-state index in [-0.39, 0.29) is 17.9 Å². The molecule has 0 spiro atoms. The molecule has 18 heavy (non-hydrogen) atoms. The number of aryl methyl sites for hydroxylation is 1. The third-order valence-electron chi connectivity index (χ3n) is 2.54. The predicted molar refractivity (Wildman–Crippen MR) is 61.4 cm³/mol. The van der Waals surface area contributed by atoms with Crippen LogP contribution in [0.25, 0.3) is 0 Å². The van der Waals surface area contributed by atoms with Crippen molar-refractivity contribution in [3.8, 4) is 5.75 Å². The minimum atomic E-state index is -3.89. The summed E-state index contributed by atoms with van der Waals surface area (Å²) in [6.07, 6.45) is 0. The van der Waals surface area contributed by atoms with Gasteiger partial charge in [0.05, 0.1) is 6.61 Å². The molecule has 1 aromatic rings. The molecule has 100 valence electrons. The maximum absolute atomic E-state index is 13.7. The number of benzene rings is 1. The van der Waals surface area contributed by atoms with Gasteiger partial charge in [0.2, 0.25) is 0 Å². The van der Waals surface area contributed by atoms with Crippen LogP contribution in [0.5, 0.6) is 5.75 Å². The van der Waals surface area contributed by atoms with E-state index in [1.54, 1.807) is 13.0 Å². The monoisotopic (exact) mass is 259 g/mol. The molecule has 1 atom stereocenters. The predicted octanol–water partition coefficient (Wildman–Crippen LogP) is 1.90. The van der Waals surface area contributed by atoms with Crippen LogP contribution in [0.2, 0.25) is 0 Å². The standard InChI is InChI=1S/C12H15F2NO3/c1-3-18-11(17)12(13,14)10(15)8-6-4-5-7(2)9(8)16/h4-6,10,16H,3,15H2,1-2H3/t10-/m1/s1. The Bertz CT molecular complexity index is 449. The third-order valence-corrected chi connectivity index (χ3v) is 2.54. The first-order chi connectivity index (χ1) is 8.32. The number of hydrogen-bond acceptors (Lipinski definition) is 4. The smallest absolute Gasteiger partial charge is 0.379 e. The largest absolute Gasteiger partial charge is 0.507 e. The SMILES string of the molecule is CCOC(=O)C(F)(F)[C@H](N)c1cccc(C)c1O. The summed E-state index contributed by atoms with van der Waals surface area (Å²) in [5, 5.41) is 9.68. The zero-order valence-corrected chi connectivity index (χ0v) is 10.1. The lowest BCUT2D eigenvalue weighted by Crippen LogP contribution is -2.41. The van der Waals surface area contributed by atoms with Gasteiger partial charge in [0, 0.05) is 5.56 Å². The summed E-state index contributed by atoms with van der Waals surface area (Å²) < 4.78 is 31.6. The van der Waals surface area contributed by atoms with Crippen molar-refractivity contribution >= 4 is 5.97 Å². The number of phenolic OH excluding ortho intramolecular Hbond substituents is 1. The summed E-state index contributed by atoms with van der Waals surface area (Å²) in [5.41, 5.74) is 5.58. The topological polar surface area (TPSA) is 72.5 Å². The maximum Gasteiger partial charge on any atom is 0.379 e. The van der Waals surface area contributed by atoms with Crippen LogP contribution in [0.15, 0.2) is 18.2 Å². The number of alkyl halides is 2. The van der Waals surface area contributed by atoms with Crippen LogP contribution >= 0.6 is 0 Å². The number of aromatic hydroxyl groups is 1. The lowest BCUT2D eigenvalue weighted by atomic mass is 9.98. The summed E-state index contributed by atoms with van der Waals surface area (Å²) in [6, 6.07) is 2.33. The Morgan fingerprint density at radius 1 is 1.56 bits per heavy atom. The van der Waals surface area contributed by atoms with Crippen molar-refractivity contribution in [1.82, 2.24) is 0 Å². The Labute approximate surface area is 103 Å². The fraction of sp³-hybridized carbons (Fsp3) is 0.417. The van der Waals surface area contributed by atoms with E-state index in [0.29, 0.717) is 5.56 Å². The third kappa shape index (κ3) is 2.59. The first-order valence-electron chi connectivity index (χ1n) is 5.41. The molecular weight excluding hydrogens is 244 g/mol. The molecule has 0 saturated carbocycles. The fourth-order valence-electron chi connectivity index (χ4n) is 1.48. The molecule has 1 rings (SSSR count). The lowest BCUT2D eigenvalue weighted by Gasteiger charge is -2.22. The average molecular weight is 259 g/mol. The first-order valence-corrected chi connectivity index (χ1v) is 5.41. The molecule has 0 bridgehead atoms. The Balaban J connectivity index is 3.09. The van der Waals surface area contributed by atoms with E-state index >= 15 is 0 Å². The highest BCUT2D eigenvalue weighted by Gasteiger charge is 2.48. The van der Waals surface area contributed by atoms with Gasteiger partial charge in [-0.05, 0) is 19.4 Å². The van der Waals surface area contributed by atoms with Gasteiger partial charge in [-0.25, -0.2) is 4.79 Å². The van der Waals surface area contributed by atoms with Gasteiger partial charge in [0.1, 0.15) is 11.8 Å². The molecule has 3 N–H and O–H groups in total. The molecule has 0 aromatic heterocycles. The number of carbonyl (C=O) groups excluding carboxylic acids is 1. The Morgan fingerprint density at radius 3 is 2.72 bits per heavy atom. The Morgan fingerprint density at radius 2 is 2.17 bits per heavy atom. The highest BCUT2D eigenvalue weighted by molar-refractivity contribution is 5.79. The second-order valence-electron chi connectivity index (χ2n) is 3.83. The molecule has 0 aliphatic carbocycles. The van der Waals surface area contributed by atoms with E-state index in [4.69, 9.17) is 5.73 Å². The second-order valence-corrected chi connectivity index (χ2v) is 3.83.